The Hall–Kier alpha value is -4.08. The van der Waals surface area contributed by atoms with Crippen molar-refractivity contribution in [1.29, 1.82) is 0 Å². The van der Waals surface area contributed by atoms with Gasteiger partial charge in [-0.3, -0.25) is 9.69 Å². The molecule has 0 saturated carbocycles. The molecule has 1 atom stereocenters. The van der Waals surface area contributed by atoms with Crippen LogP contribution in [0.3, 0.4) is 0 Å². The fourth-order valence-electron chi connectivity index (χ4n) is 4.60. The van der Waals surface area contributed by atoms with Gasteiger partial charge in [0, 0.05) is 37.8 Å². The second-order valence-corrected chi connectivity index (χ2v) is 8.91. The Bertz CT molecular complexity index is 1310. The van der Waals surface area contributed by atoms with Gasteiger partial charge in [0.2, 0.25) is 5.91 Å². The number of fused-ring (bicyclic) bond motifs is 4. The first-order valence-corrected chi connectivity index (χ1v) is 11.6. The summed E-state index contributed by atoms with van der Waals surface area (Å²) in [5.41, 5.74) is 2.20. The number of pyridine rings is 1. The summed E-state index contributed by atoms with van der Waals surface area (Å²) < 4.78 is 39.7. The number of benzene rings is 2. The minimum absolute atomic E-state index is 0.0965. The monoisotopic (exact) mass is 495 g/mol. The molecule has 0 unspecified atom stereocenters. The van der Waals surface area contributed by atoms with Gasteiger partial charge in [0.1, 0.15) is 0 Å². The fraction of sp³-hybridized carbons (Fsp3) is 0.269. The number of alkyl halides is 3. The van der Waals surface area contributed by atoms with Gasteiger partial charge in [0.15, 0.2) is 5.82 Å². The molecule has 36 heavy (non-hydrogen) atoms. The summed E-state index contributed by atoms with van der Waals surface area (Å²) in [7, 11) is 0. The number of rotatable bonds is 4. The highest BCUT2D eigenvalue weighted by Gasteiger charge is 2.40. The molecule has 186 valence electrons. The van der Waals surface area contributed by atoms with Crippen LogP contribution >= 0.6 is 0 Å². The van der Waals surface area contributed by atoms with Crippen molar-refractivity contribution >= 4 is 29.1 Å². The van der Waals surface area contributed by atoms with Crippen molar-refractivity contribution in [2.75, 3.05) is 28.2 Å². The predicted octanol–water partition coefficient (Wildman–Crippen LogP) is 5.03. The first kappa shape index (κ1) is 23.7. The van der Waals surface area contributed by atoms with Crippen LogP contribution < -0.4 is 20.4 Å². The fourth-order valence-corrected chi connectivity index (χ4v) is 4.60. The van der Waals surface area contributed by atoms with Crippen LogP contribution in [0.2, 0.25) is 0 Å². The second kappa shape index (κ2) is 9.18. The number of amides is 3. The Morgan fingerprint density at radius 3 is 2.58 bits per heavy atom. The van der Waals surface area contributed by atoms with E-state index < -0.39 is 11.7 Å². The van der Waals surface area contributed by atoms with Gasteiger partial charge in [0.05, 0.1) is 23.0 Å². The van der Waals surface area contributed by atoms with E-state index in [-0.39, 0.29) is 18.0 Å². The van der Waals surface area contributed by atoms with Crippen molar-refractivity contribution in [2.24, 2.45) is 0 Å². The van der Waals surface area contributed by atoms with E-state index in [9.17, 15) is 22.8 Å². The van der Waals surface area contributed by atoms with E-state index in [0.717, 1.165) is 36.3 Å². The molecule has 3 amide bonds. The lowest BCUT2D eigenvalue weighted by atomic mass is 10.1. The lowest BCUT2D eigenvalue weighted by Crippen LogP contribution is -2.48. The molecule has 5 rings (SSSR count). The van der Waals surface area contributed by atoms with Gasteiger partial charge >= 0.3 is 12.2 Å². The Balaban J connectivity index is 1.42. The topological polar surface area (TPSA) is 77.6 Å². The van der Waals surface area contributed by atoms with E-state index in [1.165, 1.54) is 13.0 Å². The molecule has 2 aliphatic rings. The maximum atomic E-state index is 13.4. The molecular formula is C26H24F3N5O2. The van der Waals surface area contributed by atoms with Gasteiger partial charge < -0.3 is 15.5 Å². The largest absolute Gasteiger partial charge is 0.416 e. The van der Waals surface area contributed by atoms with E-state index >= 15 is 0 Å². The molecule has 0 spiro atoms. The Morgan fingerprint density at radius 1 is 1.08 bits per heavy atom. The molecular weight excluding hydrogens is 471 g/mol. The van der Waals surface area contributed by atoms with Crippen molar-refractivity contribution in [3.8, 4) is 11.3 Å². The van der Waals surface area contributed by atoms with Gasteiger partial charge in [-0.05, 0) is 48.4 Å². The molecule has 1 aromatic heterocycles. The van der Waals surface area contributed by atoms with Crippen LogP contribution in [0.5, 0.6) is 0 Å². The number of anilines is 3. The minimum atomic E-state index is -4.46. The number of nitrogens with one attached hydrogen (secondary N) is 2. The highest BCUT2D eigenvalue weighted by atomic mass is 19.4. The van der Waals surface area contributed by atoms with E-state index in [4.69, 9.17) is 0 Å². The maximum absolute atomic E-state index is 13.4. The number of hydrogen-bond donors (Lipinski definition) is 2. The third-order valence-corrected chi connectivity index (χ3v) is 6.40. The normalized spacial score (nSPS) is 16.5. The highest BCUT2D eigenvalue weighted by molar-refractivity contribution is 6.04. The third kappa shape index (κ3) is 4.71. The average molecular weight is 496 g/mol. The molecule has 10 heteroatoms. The molecule has 2 bridgehead atoms. The molecule has 7 nitrogen and oxygen atoms in total. The number of nitrogens with zero attached hydrogens (tertiary/aromatic N) is 3. The van der Waals surface area contributed by atoms with Gasteiger partial charge in [0.25, 0.3) is 0 Å². The zero-order valence-corrected chi connectivity index (χ0v) is 19.5. The van der Waals surface area contributed by atoms with Gasteiger partial charge in [-0.1, -0.05) is 24.3 Å². The molecule has 1 saturated heterocycles. The van der Waals surface area contributed by atoms with E-state index in [1.807, 2.05) is 18.2 Å². The van der Waals surface area contributed by atoms with Crippen molar-refractivity contribution in [3.05, 3.63) is 71.8 Å². The number of carbonyl (C=O) groups is 2. The number of halogens is 3. The van der Waals surface area contributed by atoms with Crippen LogP contribution in [0.1, 0.15) is 24.5 Å². The predicted molar refractivity (Wildman–Crippen MR) is 131 cm³/mol. The molecule has 3 heterocycles. The number of carbonyl (C=O) groups excluding carboxylic acids is 2. The zero-order valence-electron chi connectivity index (χ0n) is 19.5. The molecule has 2 aliphatic heterocycles. The van der Waals surface area contributed by atoms with Crippen molar-refractivity contribution in [1.82, 2.24) is 10.3 Å². The summed E-state index contributed by atoms with van der Waals surface area (Å²) in [5.74, 6) is 0.303. The van der Waals surface area contributed by atoms with E-state index in [0.29, 0.717) is 35.9 Å². The summed E-state index contributed by atoms with van der Waals surface area (Å²) >= 11 is 0. The molecule has 2 N–H and O–H groups in total. The quantitative estimate of drug-likeness (QED) is 0.532. The van der Waals surface area contributed by atoms with Crippen LogP contribution in [0.25, 0.3) is 11.3 Å². The molecule has 0 radical (unpaired) electrons. The zero-order chi connectivity index (χ0) is 25.4. The van der Waals surface area contributed by atoms with Gasteiger partial charge in [-0.25, -0.2) is 9.78 Å². The first-order valence-electron chi connectivity index (χ1n) is 11.6. The molecule has 2 aromatic carbocycles. The van der Waals surface area contributed by atoms with Crippen LogP contribution in [0, 0.1) is 0 Å². The molecule has 0 aliphatic carbocycles. The number of urea groups is 1. The summed E-state index contributed by atoms with van der Waals surface area (Å²) in [6.07, 6.45) is -3.70. The lowest BCUT2D eigenvalue weighted by molar-refractivity contribution is -0.137. The third-order valence-electron chi connectivity index (χ3n) is 6.40. The van der Waals surface area contributed by atoms with Crippen molar-refractivity contribution in [2.45, 2.75) is 32.1 Å². The smallest absolute Gasteiger partial charge is 0.366 e. The molecule has 1 fully saturated rings. The SMILES string of the molecule is CC(=O)NCc1ccc(NC(=O)N2c3nc(-c4cccc(C(F)(F)F)c4)ccc3N3CC[C@H]2C3)cc1. The van der Waals surface area contributed by atoms with Gasteiger partial charge in [-0.2, -0.15) is 13.2 Å². The Morgan fingerprint density at radius 2 is 1.86 bits per heavy atom. The molecule has 3 aromatic rings. The Kier molecular flexibility index (Phi) is 6.03. The van der Waals surface area contributed by atoms with Crippen molar-refractivity contribution < 1.29 is 22.8 Å². The van der Waals surface area contributed by atoms with Gasteiger partial charge in [-0.15, -0.1) is 0 Å². The number of hydrogen-bond acceptors (Lipinski definition) is 4. The summed E-state index contributed by atoms with van der Waals surface area (Å²) in [4.78, 5) is 32.9. The highest BCUT2D eigenvalue weighted by Crippen LogP contribution is 2.41. The average Bonchev–Trinajstić information content (AvgIpc) is 3.27. The summed E-state index contributed by atoms with van der Waals surface area (Å²) in [6, 6.07) is 15.2. The second-order valence-electron chi connectivity index (χ2n) is 8.91. The van der Waals surface area contributed by atoms with Crippen LogP contribution in [-0.2, 0) is 17.5 Å². The lowest BCUT2D eigenvalue weighted by Gasteiger charge is -2.36. The Labute approximate surface area is 205 Å². The van der Waals surface area contributed by atoms with Crippen LogP contribution in [-0.4, -0.2) is 36.1 Å². The van der Waals surface area contributed by atoms with Crippen LogP contribution in [0.4, 0.5) is 35.2 Å². The number of aromatic nitrogens is 1. The maximum Gasteiger partial charge on any atom is 0.416 e. The van der Waals surface area contributed by atoms with Crippen LogP contribution in [0.15, 0.2) is 60.7 Å². The standard InChI is InChI=1S/C26H24F3N5O2/c1-16(35)30-14-17-5-7-20(8-6-17)31-25(36)34-21-11-12-33(15-21)23-10-9-22(32-24(23)34)18-3-2-4-19(13-18)26(27,28)29/h2-10,13,21H,11-12,14-15H2,1H3,(H,30,35)(H,31,36)/t21-/m0/s1. The summed E-state index contributed by atoms with van der Waals surface area (Å²) in [5, 5.41) is 5.63. The van der Waals surface area contributed by atoms with E-state index in [1.54, 1.807) is 29.2 Å². The minimum Gasteiger partial charge on any atom is -0.366 e. The first-order chi connectivity index (χ1) is 17.2. The van der Waals surface area contributed by atoms with Crippen molar-refractivity contribution in [3.63, 3.8) is 0 Å². The summed E-state index contributed by atoms with van der Waals surface area (Å²) in [6.45, 7) is 3.27. The van der Waals surface area contributed by atoms with E-state index in [2.05, 4.69) is 20.5 Å².